The van der Waals surface area contributed by atoms with Crippen molar-refractivity contribution in [2.24, 2.45) is 5.73 Å². The highest BCUT2D eigenvalue weighted by atomic mass is 32.1. The van der Waals surface area contributed by atoms with Gasteiger partial charge in [0, 0.05) is 17.0 Å². The van der Waals surface area contributed by atoms with Crippen molar-refractivity contribution in [3.63, 3.8) is 0 Å². The third-order valence-electron chi connectivity index (χ3n) is 1.77. The monoisotopic (exact) mass is 230 g/mol. The van der Waals surface area contributed by atoms with Gasteiger partial charge >= 0.3 is 11.0 Å². The number of nitro groups is 1. The van der Waals surface area contributed by atoms with E-state index in [0.29, 0.717) is 4.88 Å². The fourth-order valence-electron chi connectivity index (χ4n) is 1.00. The van der Waals surface area contributed by atoms with Crippen molar-refractivity contribution in [3.8, 4) is 0 Å². The number of methoxy groups -OCH3 is 1. The first-order chi connectivity index (χ1) is 7.04. The zero-order valence-corrected chi connectivity index (χ0v) is 8.82. The van der Waals surface area contributed by atoms with E-state index in [0.717, 1.165) is 11.3 Å². The molecular formula is C8H10N2O4S. The lowest BCUT2D eigenvalue weighted by molar-refractivity contribution is -0.380. The summed E-state index contributed by atoms with van der Waals surface area (Å²) in [4.78, 5) is 21.4. The van der Waals surface area contributed by atoms with Gasteiger partial charge in [0.05, 0.1) is 18.5 Å². The Kier molecular flexibility index (Phi) is 3.75. The van der Waals surface area contributed by atoms with E-state index in [1.807, 2.05) is 0 Å². The molecule has 0 bridgehead atoms. The lowest BCUT2D eigenvalue weighted by Crippen LogP contribution is -2.15. The normalized spacial score (nSPS) is 12.1. The van der Waals surface area contributed by atoms with E-state index >= 15 is 0 Å². The van der Waals surface area contributed by atoms with Crippen LogP contribution in [0.25, 0.3) is 0 Å². The van der Waals surface area contributed by atoms with Crippen molar-refractivity contribution in [1.29, 1.82) is 0 Å². The zero-order valence-electron chi connectivity index (χ0n) is 8.00. The molecule has 15 heavy (non-hydrogen) atoms. The molecule has 0 saturated carbocycles. The van der Waals surface area contributed by atoms with Gasteiger partial charge in [-0.1, -0.05) is 11.3 Å². The van der Waals surface area contributed by atoms with Crippen LogP contribution in [0.1, 0.15) is 17.3 Å². The first-order valence-electron chi connectivity index (χ1n) is 4.11. The van der Waals surface area contributed by atoms with Gasteiger partial charge in [0.1, 0.15) is 0 Å². The fourth-order valence-corrected chi connectivity index (χ4v) is 1.83. The largest absolute Gasteiger partial charge is 0.469 e. The van der Waals surface area contributed by atoms with Crippen LogP contribution in [0, 0.1) is 10.1 Å². The highest BCUT2D eigenvalue weighted by molar-refractivity contribution is 7.15. The summed E-state index contributed by atoms with van der Waals surface area (Å²) in [5, 5.41) is 10.4. The molecule has 0 radical (unpaired) electrons. The van der Waals surface area contributed by atoms with E-state index in [-0.39, 0.29) is 11.4 Å². The lowest BCUT2D eigenvalue weighted by Gasteiger charge is -2.06. The van der Waals surface area contributed by atoms with Gasteiger partial charge in [0.25, 0.3) is 0 Å². The van der Waals surface area contributed by atoms with Crippen molar-refractivity contribution in [2.75, 3.05) is 7.11 Å². The molecule has 0 unspecified atom stereocenters. The Balaban J connectivity index is 2.69. The molecule has 0 aliphatic carbocycles. The molecule has 7 heteroatoms. The molecule has 1 atom stereocenters. The van der Waals surface area contributed by atoms with Crippen LogP contribution in [-0.2, 0) is 9.53 Å². The van der Waals surface area contributed by atoms with Gasteiger partial charge in [0.2, 0.25) is 0 Å². The summed E-state index contributed by atoms with van der Waals surface area (Å²) < 4.78 is 4.45. The van der Waals surface area contributed by atoms with E-state index in [9.17, 15) is 14.9 Å². The van der Waals surface area contributed by atoms with Crippen molar-refractivity contribution >= 4 is 22.3 Å². The Hall–Kier alpha value is -1.47. The maximum absolute atomic E-state index is 10.9. The van der Waals surface area contributed by atoms with E-state index in [1.54, 1.807) is 6.07 Å². The van der Waals surface area contributed by atoms with Crippen LogP contribution in [0.4, 0.5) is 5.00 Å². The summed E-state index contributed by atoms with van der Waals surface area (Å²) in [6.07, 6.45) is 0.0220. The number of ether oxygens (including phenoxy) is 1. The van der Waals surface area contributed by atoms with E-state index in [4.69, 9.17) is 5.73 Å². The molecule has 0 amide bonds. The Bertz CT molecular complexity index is 376. The number of esters is 1. The standard InChI is InChI=1S/C8H10N2O4S/c1-14-8(11)4-5(9)6-2-3-7(15-6)10(12)13/h2-3,5H,4,9H2,1H3/t5-/m1/s1. The number of nitrogens with two attached hydrogens (primary N) is 1. The second-order valence-electron chi connectivity index (χ2n) is 2.82. The Morgan fingerprint density at radius 3 is 2.87 bits per heavy atom. The summed E-state index contributed by atoms with van der Waals surface area (Å²) in [6, 6.07) is 2.38. The average molecular weight is 230 g/mol. The molecule has 0 aliphatic heterocycles. The maximum atomic E-state index is 10.9. The summed E-state index contributed by atoms with van der Waals surface area (Å²) in [6.45, 7) is 0. The SMILES string of the molecule is COC(=O)C[C@@H](N)c1ccc([N+](=O)[O-])s1. The van der Waals surface area contributed by atoms with Gasteiger partial charge in [0.15, 0.2) is 0 Å². The highest BCUT2D eigenvalue weighted by Crippen LogP contribution is 2.29. The fraction of sp³-hybridized carbons (Fsp3) is 0.375. The third-order valence-corrected chi connectivity index (χ3v) is 2.94. The summed E-state index contributed by atoms with van der Waals surface area (Å²) >= 11 is 0.970. The number of hydrogen-bond acceptors (Lipinski definition) is 6. The minimum absolute atomic E-state index is 0.0188. The van der Waals surface area contributed by atoms with Crippen LogP contribution in [0.5, 0.6) is 0 Å². The molecule has 1 rings (SSSR count). The van der Waals surface area contributed by atoms with Gasteiger partial charge in [-0.25, -0.2) is 0 Å². The zero-order chi connectivity index (χ0) is 11.4. The van der Waals surface area contributed by atoms with Gasteiger partial charge < -0.3 is 10.5 Å². The molecule has 82 valence electrons. The first kappa shape index (κ1) is 11.6. The second-order valence-corrected chi connectivity index (χ2v) is 3.91. The molecule has 0 saturated heterocycles. The molecule has 0 aliphatic rings. The number of rotatable bonds is 4. The predicted molar refractivity (Wildman–Crippen MR) is 54.5 cm³/mol. The Morgan fingerprint density at radius 1 is 1.73 bits per heavy atom. The second kappa shape index (κ2) is 4.85. The minimum Gasteiger partial charge on any atom is -0.469 e. The molecule has 6 nitrogen and oxygen atoms in total. The summed E-state index contributed by atoms with van der Waals surface area (Å²) in [7, 11) is 1.27. The summed E-state index contributed by atoms with van der Waals surface area (Å²) in [5.74, 6) is -0.432. The van der Waals surface area contributed by atoms with E-state index in [1.165, 1.54) is 13.2 Å². The summed E-state index contributed by atoms with van der Waals surface area (Å²) in [5.41, 5.74) is 5.67. The molecule has 2 N–H and O–H groups in total. The molecule has 0 aromatic carbocycles. The van der Waals surface area contributed by atoms with Crippen LogP contribution in [0.15, 0.2) is 12.1 Å². The predicted octanol–water partition coefficient (Wildman–Crippen LogP) is 1.22. The number of hydrogen-bond donors (Lipinski definition) is 1. The van der Waals surface area contributed by atoms with Gasteiger partial charge in [-0.3, -0.25) is 14.9 Å². The maximum Gasteiger partial charge on any atom is 0.324 e. The van der Waals surface area contributed by atoms with Crippen molar-refractivity contribution in [2.45, 2.75) is 12.5 Å². The van der Waals surface area contributed by atoms with Crippen LogP contribution >= 0.6 is 11.3 Å². The van der Waals surface area contributed by atoms with Crippen molar-refractivity contribution < 1.29 is 14.5 Å². The molecule has 1 aromatic rings. The van der Waals surface area contributed by atoms with E-state index in [2.05, 4.69) is 4.74 Å². The Morgan fingerprint density at radius 2 is 2.40 bits per heavy atom. The van der Waals surface area contributed by atoms with Gasteiger partial charge in [-0.15, -0.1) is 0 Å². The van der Waals surface area contributed by atoms with Crippen molar-refractivity contribution in [1.82, 2.24) is 0 Å². The molecular weight excluding hydrogens is 220 g/mol. The van der Waals surface area contributed by atoms with Crippen LogP contribution in [-0.4, -0.2) is 18.0 Å². The van der Waals surface area contributed by atoms with Crippen molar-refractivity contribution in [3.05, 3.63) is 27.1 Å². The van der Waals surface area contributed by atoms with Gasteiger partial charge in [-0.2, -0.15) is 0 Å². The van der Waals surface area contributed by atoms with E-state index < -0.39 is 16.9 Å². The minimum atomic E-state index is -0.545. The molecule has 1 heterocycles. The highest BCUT2D eigenvalue weighted by Gasteiger charge is 2.17. The number of carbonyl (C=O) groups is 1. The topological polar surface area (TPSA) is 95.5 Å². The first-order valence-corrected chi connectivity index (χ1v) is 4.92. The number of nitrogens with zero attached hydrogens (tertiary/aromatic N) is 1. The van der Waals surface area contributed by atoms with Crippen LogP contribution in [0.3, 0.4) is 0 Å². The molecule has 0 spiro atoms. The molecule has 0 fully saturated rings. The number of thiophene rings is 1. The molecule has 1 aromatic heterocycles. The number of carbonyl (C=O) groups excluding carboxylic acids is 1. The third kappa shape index (κ3) is 3.00. The average Bonchev–Trinajstić information content (AvgIpc) is 2.66. The lowest BCUT2D eigenvalue weighted by atomic mass is 10.2. The van der Waals surface area contributed by atoms with Crippen LogP contribution < -0.4 is 5.73 Å². The smallest absolute Gasteiger partial charge is 0.324 e. The Labute approximate surface area is 89.8 Å². The quantitative estimate of drug-likeness (QED) is 0.476. The van der Waals surface area contributed by atoms with Crippen LogP contribution in [0.2, 0.25) is 0 Å². The van der Waals surface area contributed by atoms with Gasteiger partial charge in [-0.05, 0) is 6.07 Å².